The molecule has 0 spiro atoms. The van der Waals surface area contributed by atoms with Gasteiger partial charge in [0, 0.05) is 23.3 Å². The van der Waals surface area contributed by atoms with Gasteiger partial charge in [0.05, 0.1) is 0 Å². The number of carbonyl (C=O) groups is 1. The van der Waals surface area contributed by atoms with Crippen LogP contribution >= 0.6 is 0 Å². The molecule has 1 saturated carbocycles. The molecule has 2 aromatic rings. The van der Waals surface area contributed by atoms with E-state index in [-0.39, 0.29) is 23.8 Å². The van der Waals surface area contributed by atoms with Crippen molar-refractivity contribution in [2.75, 3.05) is 0 Å². The highest BCUT2D eigenvalue weighted by Gasteiger charge is 2.29. The summed E-state index contributed by atoms with van der Waals surface area (Å²) in [6, 6.07) is 5.51. The lowest BCUT2D eigenvalue weighted by molar-refractivity contribution is 0.0919. The van der Waals surface area contributed by atoms with E-state index < -0.39 is 0 Å². The summed E-state index contributed by atoms with van der Waals surface area (Å²) >= 11 is 0. The zero-order valence-corrected chi connectivity index (χ0v) is 15.1. The number of amides is 1. The SMILES string of the molecule is Cc1ccc(-n2nc(C(=O)NC3CCC(N)CC3)c3c2CCC3)c(F)c1. The Morgan fingerprint density at radius 3 is 2.77 bits per heavy atom. The number of aromatic nitrogens is 2. The third kappa shape index (κ3) is 3.14. The van der Waals surface area contributed by atoms with Crippen LogP contribution in [0.1, 0.15) is 59.4 Å². The van der Waals surface area contributed by atoms with Gasteiger partial charge in [-0.25, -0.2) is 9.07 Å². The zero-order chi connectivity index (χ0) is 18.3. The Bertz CT molecular complexity index is 837. The Labute approximate surface area is 152 Å². The third-order valence-electron chi connectivity index (χ3n) is 5.58. The second-order valence-electron chi connectivity index (χ2n) is 7.58. The number of fused-ring (bicyclic) bond motifs is 1. The molecule has 0 bridgehead atoms. The maximum Gasteiger partial charge on any atom is 0.272 e. The molecule has 0 aliphatic heterocycles. The Morgan fingerprint density at radius 2 is 2.04 bits per heavy atom. The van der Waals surface area contributed by atoms with E-state index in [4.69, 9.17) is 5.73 Å². The number of hydrogen-bond donors (Lipinski definition) is 2. The number of nitrogens with two attached hydrogens (primary N) is 1. The number of nitrogens with zero attached hydrogens (tertiary/aromatic N) is 2. The second-order valence-corrected chi connectivity index (χ2v) is 7.58. The smallest absolute Gasteiger partial charge is 0.272 e. The van der Waals surface area contributed by atoms with Crippen molar-refractivity contribution >= 4 is 5.91 Å². The summed E-state index contributed by atoms with van der Waals surface area (Å²) in [6.45, 7) is 1.86. The van der Waals surface area contributed by atoms with E-state index >= 15 is 0 Å². The number of carbonyl (C=O) groups excluding carboxylic acids is 1. The highest BCUT2D eigenvalue weighted by atomic mass is 19.1. The zero-order valence-electron chi connectivity index (χ0n) is 15.1. The molecule has 5 nitrogen and oxygen atoms in total. The van der Waals surface area contributed by atoms with Gasteiger partial charge in [0.25, 0.3) is 5.91 Å². The summed E-state index contributed by atoms with van der Waals surface area (Å²) in [6.07, 6.45) is 6.30. The number of rotatable bonds is 3. The predicted molar refractivity (Wildman–Crippen MR) is 98.0 cm³/mol. The molecule has 2 aliphatic carbocycles. The van der Waals surface area contributed by atoms with Crippen molar-refractivity contribution in [1.29, 1.82) is 0 Å². The minimum atomic E-state index is -0.310. The Hall–Kier alpha value is -2.21. The quantitative estimate of drug-likeness (QED) is 0.888. The Morgan fingerprint density at radius 1 is 1.27 bits per heavy atom. The maximum atomic E-state index is 14.5. The molecule has 138 valence electrons. The molecule has 1 aromatic heterocycles. The number of benzene rings is 1. The Kier molecular flexibility index (Phi) is 4.53. The van der Waals surface area contributed by atoms with Crippen LogP contribution in [0.5, 0.6) is 0 Å². The molecule has 0 radical (unpaired) electrons. The van der Waals surface area contributed by atoms with Crippen molar-refractivity contribution in [3.8, 4) is 5.69 Å². The van der Waals surface area contributed by atoms with Gasteiger partial charge in [0.2, 0.25) is 0 Å². The van der Waals surface area contributed by atoms with E-state index in [9.17, 15) is 9.18 Å². The average Bonchev–Trinajstić information content (AvgIpc) is 3.20. The molecule has 1 amide bonds. The fourth-order valence-electron chi connectivity index (χ4n) is 4.12. The summed E-state index contributed by atoms with van der Waals surface area (Å²) < 4.78 is 16.1. The van der Waals surface area contributed by atoms with Crippen LogP contribution < -0.4 is 11.1 Å². The van der Waals surface area contributed by atoms with Crippen molar-refractivity contribution in [2.24, 2.45) is 5.73 Å². The summed E-state index contributed by atoms with van der Waals surface area (Å²) in [5.41, 5.74) is 9.60. The van der Waals surface area contributed by atoms with Gasteiger partial charge in [-0.05, 0) is 69.6 Å². The molecule has 4 rings (SSSR count). The first-order chi connectivity index (χ1) is 12.5. The predicted octanol–water partition coefficient (Wildman–Crippen LogP) is 2.81. The van der Waals surface area contributed by atoms with Gasteiger partial charge in [-0.2, -0.15) is 5.10 Å². The lowest BCUT2D eigenvalue weighted by atomic mass is 9.92. The van der Waals surface area contributed by atoms with Gasteiger partial charge in [-0.15, -0.1) is 0 Å². The number of hydrogen-bond acceptors (Lipinski definition) is 3. The third-order valence-corrected chi connectivity index (χ3v) is 5.58. The minimum Gasteiger partial charge on any atom is -0.348 e. The summed E-state index contributed by atoms with van der Waals surface area (Å²) in [7, 11) is 0. The van der Waals surface area contributed by atoms with E-state index in [0.29, 0.717) is 11.4 Å². The maximum absolute atomic E-state index is 14.5. The molecule has 0 atom stereocenters. The van der Waals surface area contributed by atoms with Crippen LogP contribution in [0.2, 0.25) is 0 Å². The fourth-order valence-corrected chi connectivity index (χ4v) is 4.12. The van der Waals surface area contributed by atoms with Gasteiger partial charge in [0.15, 0.2) is 5.69 Å². The van der Waals surface area contributed by atoms with Gasteiger partial charge < -0.3 is 11.1 Å². The van der Waals surface area contributed by atoms with Gasteiger partial charge in [-0.3, -0.25) is 4.79 Å². The molecule has 3 N–H and O–H groups in total. The number of halogens is 1. The monoisotopic (exact) mass is 356 g/mol. The van der Waals surface area contributed by atoms with Gasteiger partial charge in [-0.1, -0.05) is 6.07 Å². The van der Waals surface area contributed by atoms with Crippen molar-refractivity contribution in [3.63, 3.8) is 0 Å². The van der Waals surface area contributed by atoms with Crippen LogP contribution in [-0.4, -0.2) is 27.8 Å². The number of aryl methyl sites for hydroxylation is 1. The molecule has 0 saturated heterocycles. The lowest BCUT2D eigenvalue weighted by Gasteiger charge is -2.26. The fraction of sp³-hybridized carbons (Fsp3) is 0.500. The topological polar surface area (TPSA) is 72.9 Å². The molecule has 1 fully saturated rings. The molecule has 2 aliphatic rings. The molecule has 6 heteroatoms. The van der Waals surface area contributed by atoms with E-state index in [2.05, 4.69) is 10.4 Å². The van der Waals surface area contributed by atoms with Crippen LogP contribution in [-0.2, 0) is 12.8 Å². The average molecular weight is 356 g/mol. The highest BCUT2D eigenvalue weighted by molar-refractivity contribution is 5.94. The first-order valence-electron chi connectivity index (χ1n) is 9.46. The van der Waals surface area contributed by atoms with Crippen LogP contribution in [0.25, 0.3) is 5.69 Å². The summed E-state index contributed by atoms with van der Waals surface area (Å²) in [5.74, 6) is -0.453. The Balaban J connectivity index is 1.62. The first kappa shape index (κ1) is 17.2. The van der Waals surface area contributed by atoms with Crippen LogP contribution in [0.4, 0.5) is 4.39 Å². The molecular weight excluding hydrogens is 331 g/mol. The standard InChI is InChI=1S/C20H25FN4O/c1-12-5-10-18(16(21)11-12)25-17-4-2-3-15(17)19(24-25)20(26)23-14-8-6-13(22)7-9-14/h5,10-11,13-14H,2-4,6-9,22H2,1H3,(H,23,26). The summed E-state index contributed by atoms with van der Waals surface area (Å²) in [4.78, 5) is 12.8. The lowest BCUT2D eigenvalue weighted by Crippen LogP contribution is -2.40. The number of nitrogens with one attached hydrogen (secondary N) is 1. The van der Waals surface area contributed by atoms with Gasteiger partial charge in [0.1, 0.15) is 11.5 Å². The van der Waals surface area contributed by atoms with E-state index in [0.717, 1.165) is 61.8 Å². The largest absolute Gasteiger partial charge is 0.348 e. The van der Waals surface area contributed by atoms with Crippen LogP contribution in [0.3, 0.4) is 0 Å². The second kappa shape index (κ2) is 6.83. The van der Waals surface area contributed by atoms with E-state index in [1.54, 1.807) is 10.7 Å². The molecule has 26 heavy (non-hydrogen) atoms. The summed E-state index contributed by atoms with van der Waals surface area (Å²) in [5, 5.41) is 7.62. The molecule has 1 heterocycles. The normalized spacial score (nSPS) is 22.3. The first-order valence-corrected chi connectivity index (χ1v) is 9.46. The van der Waals surface area contributed by atoms with Crippen LogP contribution in [0, 0.1) is 12.7 Å². The minimum absolute atomic E-state index is 0.144. The van der Waals surface area contributed by atoms with E-state index in [1.165, 1.54) is 6.07 Å². The molecule has 0 unspecified atom stereocenters. The van der Waals surface area contributed by atoms with Crippen molar-refractivity contribution in [3.05, 3.63) is 46.5 Å². The van der Waals surface area contributed by atoms with Crippen molar-refractivity contribution in [2.45, 2.75) is 64.0 Å². The van der Waals surface area contributed by atoms with E-state index in [1.807, 2.05) is 13.0 Å². The van der Waals surface area contributed by atoms with Crippen molar-refractivity contribution < 1.29 is 9.18 Å². The highest BCUT2D eigenvalue weighted by Crippen LogP contribution is 2.29. The van der Waals surface area contributed by atoms with Gasteiger partial charge >= 0.3 is 0 Å². The molecular formula is C20H25FN4O. The van der Waals surface area contributed by atoms with Crippen LogP contribution in [0.15, 0.2) is 18.2 Å². The van der Waals surface area contributed by atoms with Crippen molar-refractivity contribution in [1.82, 2.24) is 15.1 Å². The molecule has 1 aromatic carbocycles.